The van der Waals surface area contributed by atoms with Gasteiger partial charge in [-0.3, -0.25) is 9.59 Å². The molecule has 0 aliphatic carbocycles. The van der Waals surface area contributed by atoms with Crippen molar-refractivity contribution in [2.75, 3.05) is 26.7 Å². The number of rotatable bonds is 12. The van der Waals surface area contributed by atoms with Crippen LogP contribution in [0.2, 0.25) is 0 Å². The maximum absolute atomic E-state index is 14.4. The van der Waals surface area contributed by atoms with E-state index in [4.69, 9.17) is 0 Å². The smallest absolute Gasteiger partial charge is 0.334 e. The van der Waals surface area contributed by atoms with Crippen molar-refractivity contribution in [3.63, 3.8) is 0 Å². The van der Waals surface area contributed by atoms with Gasteiger partial charge >= 0.3 is 6.03 Å². The number of amides is 4. The number of halogens is 1. The Morgan fingerprint density at radius 3 is 2.40 bits per heavy atom. The summed E-state index contributed by atoms with van der Waals surface area (Å²) in [6.45, 7) is 12.0. The van der Waals surface area contributed by atoms with Gasteiger partial charge in [-0.1, -0.05) is 110 Å². The highest BCUT2D eigenvalue weighted by Gasteiger charge is 2.51. The Balaban J connectivity index is 1.72. The van der Waals surface area contributed by atoms with E-state index in [1.165, 1.54) is 17.1 Å². The number of carbonyl (C=O) groups is 3. The Morgan fingerprint density at radius 1 is 1.04 bits per heavy atom. The van der Waals surface area contributed by atoms with Gasteiger partial charge in [0.15, 0.2) is 0 Å². The third-order valence-corrected chi connectivity index (χ3v) is 8.41. The highest BCUT2D eigenvalue weighted by atomic mass is 19.1. The molecular weight excluding hydrogens is 593 g/mol. The fraction of sp³-hybridized carbons (Fsp3) is 0.289. The summed E-state index contributed by atoms with van der Waals surface area (Å²) in [5.41, 5.74) is 3.69. The van der Waals surface area contributed by atoms with Crippen molar-refractivity contribution in [2.45, 2.75) is 44.9 Å². The lowest BCUT2D eigenvalue weighted by atomic mass is 9.88. The van der Waals surface area contributed by atoms with Gasteiger partial charge in [0, 0.05) is 26.1 Å². The third kappa shape index (κ3) is 8.62. The molecule has 1 unspecified atom stereocenters. The van der Waals surface area contributed by atoms with E-state index in [0.29, 0.717) is 13.0 Å². The minimum Gasteiger partial charge on any atom is -0.336 e. The Bertz CT molecular complexity index is 1560. The van der Waals surface area contributed by atoms with Gasteiger partial charge in [-0.05, 0) is 49.1 Å². The number of nitrogens with zero attached hydrogens (tertiary/aromatic N) is 4. The first kappa shape index (κ1) is 34.8. The summed E-state index contributed by atoms with van der Waals surface area (Å²) < 4.78 is 13.5. The molecule has 0 bridgehead atoms. The quantitative estimate of drug-likeness (QED) is 0.285. The number of hydrazine groups is 1. The van der Waals surface area contributed by atoms with E-state index in [-0.39, 0.29) is 43.2 Å². The molecule has 246 valence electrons. The molecule has 8 nitrogen and oxygen atoms in total. The Labute approximate surface area is 277 Å². The molecule has 0 spiro atoms. The molecule has 2 aromatic carbocycles. The average Bonchev–Trinajstić information content (AvgIpc) is 3.06. The molecule has 3 atom stereocenters. The van der Waals surface area contributed by atoms with Crippen LogP contribution in [-0.4, -0.2) is 76.6 Å². The topological polar surface area (TPSA) is 76.2 Å². The van der Waals surface area contributed by atoms with Crippen LogP contribution in [0.5, 0.6) is 0 Å². The van der Waals surface area contributed by atoms with E-state index in [2.05, 4.69) is 18.5 Å². The largest absolute Gasteiger partial charge is 0.336 e. The van der Waals surface area contributed by atoms with Crippen LogP contribution in [0.25, 0.3) is 0 Å². The third-order valence-electron chi connectivity index (χ3n) is 8.41. The molecule has 0 aromatic heterocycles. The van der Waals surface area contributed by atoms with Gasteiger partial charge in [0.2, 0.25) is 11.8 Å². The number of allylic oxidation sites excluding steroid dienone is 8. The van der Waals surface area contributed by atoms with Crippen LogP contribution in [-0.2, 0) is 16.1 Å². The lowest BCUT2D eigenvalue weighted by molar-refractivity contribution is -0.187. The molecule has 4 amide bonds. The molecule has 2 saturated heterocycles. The van der Waals surface area contributed by atoms with E-state index in [9.17, 15) is 18.8 Å². The van der Waals surface area contributed by atoms with E-state index < -0.39 is 18.2 Å². The van der Waals surface area contributed by atoms with Crippen LogP contribution in [0.3, 0.4) is 0 Å². The number of piperazine rings is 1. The van der Waals surface area contributed by atoms with Crippen molar-refractivity contribution in [3.8, 4) is 0 Å². The van der Waals surface area contributed by atoms with E-state index in [1.54, 1.807) is 52.2 Å². The van der Waals surface area contributed by atoms with E-state index in [0.717, 1.165) is 22.3 Å². The Morgan fingerprint density at radius 2 is 1.74 bits per heavy atom. The number of likely N-dealkylation sites (N-methyl/N-ethyl adjacent to an activating group) is 1. The fourth-order valence-corrected chi connectivity index (χ4v) is 6.10. The molecular formula is C38H44FN5O3. The number of benzene rings is 2. The van der Waals surface area contributed by atoms with Crippen LogP contribution in [0.15, 0.2) is 128 Å². The molecule has 47 heavy (non-hydrogen) atoms. The number of hydrogen-bond donors (Lipinski definition) is 1. The summed E-state index contributed by atoms with van der Waals surface area (Å²) in [4.78, 5) is 45.3. The molecule has 0 saturated carbocycles. The van der Waals surface area contributed by atoms with Gasteiger partial charge in [-0.15, -0.1) is 0 Å². The first-order chi connectivity index (χ1) is 22.7. The number of fused-ring (bicyclic) bond motifs is 1. The molecule has 2 heterocycles. The Hall–Kier alpha value is -5.02. The van der Waals surface area contributed by atoms with Crippen molar-refractivity contribution < 1.29 is 18.8 Å². The number of carbonyl (C=O) groups excluding carboxylic acids is 3. The molecule has 2 aromatic rings. The number of nitrogens with one attached hydrogen (secondary N) is 1. The minimum atomic E-state index is -0.815. The summed E-state index contributed by atoms with van der Waals surface area (Å²) in [6, 6.07) is 14.7. The fourth-order valence-electron chi connectivity index (χ4n) is 6.10. The zero-order chi connectivity index (χ0) is 33.9. The van der Waals surface area contributed by atoms with Crippen LogP contribution in [0.1, 0.15) is 37.3 Å². The first-order valence-corrected chi connectivity index (χ1v) is 15.8. The maximum Gasteiger partial charge on any atom is 0.334 e. The SMILES string of the molecule is C=C/C=C\C=C(/C)C[C@H]1C(=O)N(CC(C(/C=C\C=C)=C/C)c2ccccc2)C[C@H]2N1C(=O)CN(C)N2C(=O)NCc1ccc(F)cc1. The van der Waals surface area contributed by atoms with Gasteiger partial charge in [0.05, 0.1) is 13.1 Å². The van der Waals surface area contributed by atoms with Gasteiger partial charge in [-0.2, -0.15) is 0 Å². The minimum absolute atomic E-state index is 0.0644. The summed E-state index contributed by atoms with van der Waals surface area (Å²) in [6.07, 6.45) is 14.4. The van der Waals surface area contributed by atoms with Crippen LogP contribution >= 0.6 is 0 Å². The van der Waals surface area contributed by atoms with Gasteiger partial charge in [0.25, 0.3) is 0 Å². The summed E-state index contributed by atoms with van der Waals surface area (Å²) in [5.74, 6) is -0.925. The van der Waals surface area contributed by atoms with Crippen LogP contribution < -0.4 is 5.32 Å². The van der Waals surface area contributed by atoms with Crippen LogP contribution in [0, 0.1) is 5.82 Å². The number of hydrogen-bond acceptors (Lipinski definition) is 4. The summed E-state index contributed by atoms with van der Waals surface area (Å²) >= 11 is 0. The molecule has 2 aliphatic rings. The van der Waals surface area contributed by atoms with Crippen molar-refractivity contribution in [3.05, 3.63) is 144 Å². The maximum atomic E-state index is 14.4. The standard InChI is InChI=1S/C38H44FN5O3/c1-6-9-12-15-28(4)23-34-37(46)42(25-33(30(8-3)16-10-7-2)31-17-13-11-14-18-31)26-35-43(34)36(45)27-41(5)44(35)38(47)40-24-29-19-21-32(39)22-20-29/h6-22,33-35H,1-2,23-27H2,3-5H3,(H,40,47)/b12-9-,16-10-,28-15+,30-8+/t33?,34-,35-/m0/s1. The summed E-state index contributed by atoms with van der Waals surface area (Å²) in [5, 5.41) is 6.05. The van der Waals surface area contributed by atoms with Crippen molar-refractivity contribution in [1.29, 1.82) is 0 Å². The molecule has 9 heteroatoms. The lowest BCUT2D eigenvalue weighted by Crippen LogP contribution is -2.76. The molecule has 4 rings (SSSR count). The van der Waals surface area contributed by atoms with E-state index >= 15 is 0 Å². The van der Waals surface area contributed by atoms with Gasteiger partial charge < -0.3 is 15.1 Å². The highest BCUT2D eigenvalue weighted by molar-refractivity contribution is 5.91. The average molecular weight is 638 g/mol. The second kappa shape index (κ2) is 16.5. The zero-order valence-electron chi connectivity index (χ0n) is 27.4. The summed E-state index contributed by atoms with van der Waals surface area (Å²) in [7, 11) is 1.69. The highest BCUT2D eigenvalue weighted by Crippen LogP contribution is 2.33. The number of urea groups is 1. The van der Waals surface area contributed by atoms with Gasteiger partial charge in [0.1, 0.15) is 18.0 Å². The monoisotopic (exact) mass is 637 g/mol. The Kier molecular flexibility index (Phi) is 12.2. The normalized spacial score (nSPS) is 20.1. The second-order valence-electron chi connectivity index (χ2n) is 11.7. The molecule has 0 radical (unpaired) electrons. The molecule has 1 N–H and O–H groups in total. The predicted octanol–water partition coefficient (Wildman–Crippen LogP) is 6.11. The lowest BCUT2D eigenvalue weighted by Gasteiger charge is -2.54. The van der Waals surface area contributed by atoms with E-state index in [1.807, 2.05) is 74.6 Å². The second-order valence-corrected chi connectivity index (χ2v) is 11.7. The van der Waals surface area contributed by atoms with Crippen molar-refractivity contribution in [1.82, 2.24) is 25.1 Å². The van der Waals surface area contributed by atoms with Crippen LogP contribution in [0.4, 0.5) is 9.18 Å². The molecule has 2 fully saturated rings. The van der Waals surface area contributed by atoms with Crippen molar-refractivity contribution in [2.24, 2.45) is 0 Å². The zero-order valence-corrected chi connectivity index (χ0v) is 27.4. The first-order valence-electron chi connectivity index (χ1n) is 15.8. The van der Waals surface area contributed by atoms with Gasteiger partial charge in [-0.25, -0.2) is 19.2 Å². The molecule has 2 aliphatic heterocycles. The predicted molar refractivity (Wildman–Crippen MR) is 184 cm³/mol. The van der Waals surface area contributed by atoms with Crippen molar-refractivity contribution >= 4 is 17.8 Å².